The first-order valence-electron chi connectivity index (χ1n) is 5.61. The molecule has 2 atom stereocenters. The standard InChI is InChI=1S/C11H24N2O2/c1-8(2)12-6-5-11(15)13-10(4)9(3)7-14/h8-10,12,14H,5-7H2,1-4H3,(H,13,15). The fourth-order valence-corrected chi connectivity index (χ4v) is 1.10. The van der Waals surface area contributed by atoms with Gasteiger partial charge in [-0.15, -0.1) is 0 Å². The quantitative estimate of drug-likeness (QED) is 0.581. The Bertz CT molecular complexity index is 183. The van der Waals surface area contributed by atoms with Gasteiger partial charge >= 0.3 is 0 Å². The maximum Gasteiger partial charge on any atom is 0.221 e. The van der Waals surface area contributed by atoms with Gasteiger partial charge < -0.3 is 15.7 Å². The highest BCUT2D eigenvalue weighted by Crippen LogP contribution is 2.00. The molecule has 0 saturated heterocycles. The molecule has 0 radical (unpaired) electrons. The minimum absolute atomic E-state index is 0.0292. The Morgan fingerprint density at radius 2 is 1.87 bits per heavy atom. The zero-order valence-electron chi connectivity index (χ0n) is 10.2. The van der Waals surface area contributed by atoms with Gasteiger partial charge in [0.1, 0.15) is 0 Å². The van der Waals surface area contributed by atoms with Crippen LogP contribution in [0.2, 0.25) is 0 Å². The fraction of sp³-hybridized carbons (Fsp3) is 0.909. The average Bonchev–Trinajstić information content (AvgIpc) is 2.15. The molecule has 0 aliphatic carbocycles. The Morgan fingerprint density at radius 1 is 1.27 bits per heavy atom. The molecule has 4 nitrogen and oxygen atoms in total. The molecule has 3 N–H and O–H groups in total. The average molecular weight is 216 g/mol. The van der Waals surface area contributed by atoms with Crippen LogP contribution >= 0.6 is 0 Å². The number of carbonyl (C=O) groups is 1. The molecule has 2 unspecified atom stereocenters. The Morgan fingerprint density at radius 3 is 2.33 bits per heavy atom. The maximum atomic E-state index is 11.4. The number of nitrogens with one attached hydrogen (secondary N) is 2. The lowest BCUT2D eigenvalue weighted by Gasteiger charge is -2.19. The number of carbonyl (C=O) groups excluding carboxylic acids is 1. The van der Waals surface area contributed by atoms with Gasteiger partial charge in [-0.2, -0.15) is 0 Å². The summed E-state index contributed by atoms with van der Waals surface area (Å²) in [6.45, 7) is 8.73. The highest BCUT2D eigenvalue weighted by Gasteiger charge is 2.13. The van der Waals surface area contributed by atoms with E-state index >= 15 is 0 Å². The van der Waals surface area contributed by atoms with Crippen molar-refractivity contribution in [2.75, 3.05) is 13.2 Å². The van der Waals surface area contributed by atoms with Gasteiger partial charge in [-0.1, -0.05) is 20.8 Å². The van der Waals surface area contributed by atoms with Gasteiger partial charge in [-0.05, 0) is 12.8 Å². The van der Waals surface area contributed by atoms with Crippen molar-refractivity contribution in [3.63, 3.8) is 0 Å². The van der Waals surface area contributed by atoms with Crippen LogP contribution in [0.3, 0.4) is 0 Å². The summed E-state index contributed by atoms with van der Waals surface area (Å²) in [7, 11) is 0. The second kappa shape index (κ2) is 7.65. The van der Waals surface area contributed by atoms with Crippen LogP contribution in [0, 0.1) is 5.92 Å². The molecule has 4 heteroatoms. The SMILES string of the molecule is CC(C)NCCC(=O)NC(C)C(C)CO. The van der Waals surface area contributed by atoms with E-state index in [-0.39, 0.29) is 24.5 Å². The molecule has 0 aliphatic rings. The topological polar surface area (TPSA) is 61.4 Å². The van der Waals surface area contributed by atoms with E-state index in [1.54, 1.807) is 0 Å². The molecule has 90 valence electrons. The van der Waals surface area contributed by atoms with Crippen LogP contribution in [0.4, 0.5) is 0 Å². The van der Waals surface area contributed by atoms with E-state index in [0.29, 0.717) is 19.0 Å². The van der Waals surface area contributed by atoms with Crippen LogP contribution in [0.15, 0.2) is 0 Å². The van der Waals surface area contributed by atoms with Crippen molar-refractivity contribution in [1.29, 1.82) is 0 Å². The largest absolute Gasteiger partial charge is 0.396 e. The molecule has 0 aromatic rings. The van der Waals surface area contributed by atoms with Crippen LogP contribution in [0.25, 0.3) is 0 Å². The number of aliphatic hydroxyl groups excluding tert-OH is 1. The Hall–Kier alpha value is -0.610. The molecule has 0 heterocycles. The number of aliphatic hydroxyl groups is 1. The Balaban J connectivity index is 3.64. The van der Waals surface area contributed by atoms with Crippen LogP contribution in [0.1, 0.15) is 34.1 Å². The minimum Gasteiger partial charge on any atom is -0.396 e. The highest BCUT2D eigenvalue weighted by atomic mass is 16.3. The summed E-state index contributed by atoms with van der Waals surface area (Å²) in [6, 6.07) is 0.438. The van der Waals surface area contributed by atoms with Gasteiger partial charge in [0.2, 0.25) is 5.91 Å². The summed E-state index contributed by atoms with van der Waals surface area (Å²) < 4.78 is 0. The molecule has 0 aliphatic heterocycles. The lowest BCUT2D eigenvalue weighted by Crippen LogP contribution is -2.39. The van der Waals surface area contributed by atoms with Crippen molar-refractivity contribution >= 4 is 5.91 Å². The van der Waals surface area contributed by atoms with E-state index in [1.165, 1.54) is 0 Å². The number of rotatable bonds is 7. The van der Waals surface area contributed by atoms with E-state index in [9.17, 15) is 4.79 Å². The molecule has 0 saturated carbocycles. The van der Waals surface area contributed by atoms with Gasteiger partial charge in [0, 0.05) is 31.7 Å². The van der Waals surface area contributed by atoms with Gasteiger partial charge in [0.15, 0.2) is 0 Å². The Kier molecular flexibility index (Phi) is 7.34. The van der Waals surface area contributed by atoms with Crippen LogP contribution < -0.4 is 10.6 Å². The summed E-state index contributed by atoms with van der Waals surface area (Å²) in [6.07, 6.45) is 0.487. The molecule has 0 fully saturated rings. The van der Waals surface area contributed by atoms with Crippen molar-refractivity contribution in [3.8, 4) is 0 Å². The molecule has 0 rings (SSSR count). The minimum atomic E-state index is 0.0292. The number of hydrogen-bond acceptors (Lipinski definition) is 3. The first kappa shape index (κ1) is 14.4. The van der Waals surface area contributed by atoms with E-state index in [4.69, 9.17) is 5.11 Å². The van der Waals surface area contributed by atoms with Gasteiger partial charge in [0.05, 0.1) is 0 Å². The monoisotopic (exact) mass is 216 g/mol. The van der Waals surface area contributed by atoms with Crippen molar-refractivity contribution in [3.05, 3.63) is 0 Å². The summed E-state index contributed by atoms with van der Waals surface area (Å²) in [5.41, 5.74) is 0. The Labute approximate surface area is 92.4 Å². The van der Waals surface area contributed by atoms with E-state index < -0.39 is 0 Å². The van der Waals surface area contributed by atoms with Crippen LogP contribution in [0.5, 0.6) is 0 Å². The summed E-state index contributed by atoms with van der Waals surface area (Å²) in [5.74, 6) is 0.142. The number of amides is 1. The van der Waals surface area contributed by atoms with Crippen molar-refractivity contribution in [1.82, 2.24) is 10.6 Å². The molecular weight excluding hydrogens is 192 g/mol. The van der Waals surface area contributed by atoms with Crippen LogP contribution in [-0.2, 0) is 4.79 Å². The van der Waals surface area contributed by atoms with E-state index in [1.807, 2.05) is 27.7 Å². The van der Waals surface area contributed by atoms with Crippen LogP contribution in [-0.4, -0.2) is 36.2 Å². The van der Waals surface area contributed by atoms with E-state index in [2.05, 4.69) is 10.6 Å². The molecule has 0 bridgehead atoms. The van der Waals surface area contributed by atoms with Gasteiger partial charge in [0.25, 0.3) is 0 Å². The number of hydrogen-bond donors (Lipinski definition) is 3. The lowest BCUT2D eigenvalue weighted by atomic mass is 10.1. The maximum absolute atomic E-state index is 11.4. The third kappa shape index (κ3) is 7.33. The highest BCUT2D eigenvalue weighted by molar-refractivity contribution is 5.76. The molecule has 0 aromatic carbocycles. The zero-order chi connectivity index (χ0) is 11.8. The molecular formula is C11H24N2O2. The van der Waals surface area contributed by atoms with Crippen molar-refractivity contribution in [2.24, 2.45) is 5.92 Å². The van der Waals surface area contributed by atoms with Gasteiger partial charge in [-0.25, -0.2) is 0 Å². The smallest absolute Gasteiger partial charge is 0.221 e. The van der Waals surface area contributed by atoms with Crippen molar-refractivity contribution in [2.45, 2.75) is 46.2 Å². The molecule has 1 amide bonds. The summed E-state index contributed by atoms with van der Waals surface area (Å²) in [4.78, 5) is 11.4. The third-order valence-electron chi connectivity index (χ3n) is 2.43. The van der Waals surface area contributed by atoms with E-state index in [0.717, 1.165) is 0 Å². The first-order chi connectivity index (χ1) is 6.97. The predicted octanol–water partition coefficient (Wildman–Crippen LogP) is 0.508. The molecule has 0 aromatic heterocycles. The van der Waals surface area contributed by atoms with Crippen molar-refractivity contribution < 1.29 is 9.90 Å². The second-order valence-electron chi connectivity index (χ2n) is 4.37. The third-order valence-corrected chi connectivity index (χ3v) is 2.43. The normalized spacial score (nSPS) is 15.1. The van der Waals surface area contributed by atoms with Gasteiger partial charge in [-0.3, -0.25) is 4.79 Å². The summed E-state index contributed by atoms with van der Waals surface area (Å²) in [5, 5.41) is 15.0. The molecule has 15 heavy (non-hydrogen) atoms. The zero-order valence-corrected chi connectivity index (χ0v) is 10.2. The summed E-state index contributed by atoms with van der Waals surface area (Å²) >= 11 is 0. The first-order valence-corrected chi connectivity index (χ1v) is 5.61. The predicted molar refractivity (Wildman–Crippen MR) is 61.6 cm³/mol. The lowest BCUT2D eigenvalue weighted by molar-refractivity contribution is -0.122. The second-order valence-corrected chi connectivity index (χ2v) is 4.37. The molecule has 0 spiro atoms. The fourth-order valence-electron chi connectivity index (χ4n) is 1.10.